The smallest absolute Gasteiger partial charge is 0.410 e. The van der Waals surface area contributed by atoms with Crippen molar-refractivity contribution in [1.29, 1.82) is 0 Å². The summed E-state index contributed by atoms with van der Waals surface area (Å²) in [4.78, 5) is 15.5. The Labute approximate surface area is 143 Å². The number of hydrogen-bond donors (Lipinski definition) is 0. The minimum Gasteiger partial charge on any atom is -0.444 e. The number of rotatable bonds is 5. The van der Waals surface area contributed by atoms with Crippen LogP contribution in [0.2, 0.25) is 0 Å². The molecule has 1 aromatic rings. The van der Waals surface area contributed by atoms with Gasteiger partial charge in [-0.25, -0.2) is 4.79 Å². The summed E-state index contributed by atoms with van der Waals surface area (Å²) < 4.78 is 11.5. The summed E-state index contributed by atoms with van der Waals surface area (Å²) >= 11 is 1.72. The Morgan fingerprint density at radius 1 is 1.43 bits per heavy atom. The number of thiophene rings is 1. The molecular weight excluding hydrogens is 310 g/mol. The maximum atomic E-state index is 12.4. The first-order valence-electron chi connectivity index (χ1n) is 8.51. The summed E-state index contributed by atoms with van der Waals surface area (Å²) in [5.41, 5.74) is -0.441. The number of piperidine rings is 1. The summed E-state index contributed by atoms with van der Waals surface area (Å²) in [6, 6.07) is 4.38. The molecule has 0 aromatic carbocycles. The van der Waals surface area contributed by atoms with Crippen molar-refractivity contribution in [2.24, 2.45) is 0 Å². The highest BCUT2D eigenvalue weighted by Gasteiger charge is 2.30. The molecule has 0 bridgehead atoms. The zero-order valence-electron chi connectivity index (χ0n) is 14.7. The molecule has 1 fully saturated rings. The second kappa shape index (κ2) is 8.15. The molecule has 5 heteroatoms. The molecule has 0 N–H and O–H groups in total. The van der Waals surface area contributed by atoms with E-state index in [2.05, 4.69) is 18.4 Å². The number of carbonyl (C=O) groups is 1. The quantitative estimate of drug-likeness (QED) is 0.757. The van der Waals surface area contributed by atoms with E-state index in [0.717, 1.165) is 25.8 Å². The highest BCUT2D eigenvalue weighted by atomic mass is 32.1. The second-order valence-electron chi connectivity index (χ2n) is 7.14. The summed E-state index contributed by atoms with van der Waals surface area (Å²) in [5, 5.41) is 2.07. The van der Waals surface area contributed by atoms with Gasteiger partial charge in [0.25, 0.3) is 0 Å². The lowest BCUT2D eigenvalue weighted by atomic mass is 10.0. The van der Waals surface area contributed by atoms with Crippen LogP contribution < -0.4 is 0 Å². The van der Waals surface area contributed by atoms with E-state index < -0.39 is 5.60 Å². The van der Waals surface area contributed by atoms with Crippen LogP contribution in [0.3, 0.4) is 0 Å². The van der Waals surface area contributed by atoms with Crippen LogP contribution in [0.5, 0.6) is 0 Å². The van der Waals surface area contributed by atoms with Gasteiger partial charge in [-0.15, -0.1) is 11.3 Å². The molecule has 23 heavy (non-hydrogen) atoms. The topological polar surface area (TPSA) is 38.8 Å². The van der Waals surface area contributed by atoms with E-state index in [1.807, 2.05) is 31.7 Å². The predicted molar refractivity (Wildman–Crippen MR) is 93.9 cm³/mol. The Morgan fingerprint density at radius 2 is 2.22 bits per heavy atom. The maximum Gasteiger partial charge on any atom is 0.410 e. The van der Waals surface area contributed by atoms with Crippen molar-refractivity contribution < 1.29 is 14.3 Å². The van der Waals surface area contributed by atoms with Gasteiger partial charge in [-0.2, -0.15) is 0 Å². The fourth-order valence-electron chi connectivity index (χ4n) is 2.85. The molecule has 1 saturated heterocycles. The molecule has 0 saturated carbocycles. The van der Waals surface area contributed by atoms with Crippen LogP contribution in [0, 0.1) is 0 Å². The normalized spacial score (nSPS) is 20.3. The Balaban J connectivity index is 1.82. The van der Waals surface area contributed by atoms with Crippen LogP contribution in [-0.4, -0.2) is 35.8 Å². The third-order valence-electron chi connectivity index (χ3n) is 4.02. The largest absolute Gasteiger partial charge is 0.444 e. The molecule has 1 aliphatic heterocycles. The van der Waals surface area contributed by atoms with Gasteiger partial charge in [-0.3, -0.25) is 0 Å². The van der Waals surface area contributed by atoms with Crippen molar-refractivity contribution in [3.05, 3.63) is 22.4 Å². The molecule has 2 atom stereocenters. The molecular formula is C18H29NO3S. The molecule has 2 rings (SSSR count). The number of amides is 1. The van der Waals surface area contributed by atoms with E-state index in [9.17, 15) is 4.79 Å². The molecule has 1 amide bonds. The van der Waals surface area contributed by atoms with Gasteiger partial charge >= 0.3 is 6.09 Å². The van der Waals surface area contributed by atoms with Crippen LogP contribution in [0.25, 0.3) is 0 Å². The fourth-order valence-corrected chi connectivity index (χ4v) is 3.58. The minimum absolute atomic E-state index is 0.119. The molecule has 0 radical (unpaired) electrons. The van der Waals surface area contributed by atoms with Crippen molar-refractivity contribution in [2.45, 2.75) is 71.1 Å². The average molecular weight is 340 g/mol. The lowest BCUT2D eigenvalue weighted by Gasteiger charge is -2.37. The first-order chi connectivity index (χ1) is 10.9. The molecule has 1 aromatic heterocycles. The second-order valence-corrected chi connectivity index (χ2v) is 8.12. The Kier molecular flexibility index (Phi) is 6.48. The fraction of sp³-hybridized carbons (Fsp3) is 0.722. The van der Waals surface area contributed by atoms with E-state index in [4.69, 9.17) is 9.47 Å². The van der Waals surface area contributed by atoms with Gasteiger partial charge in [0.2, 0.25) is 0 Å². The Bertz CT molecular complexity index is 481. The predicted octanol–water partition coefficient (Wildman–Crippen LogP) is 5.01. The number of nitrogens with zero attached hydrogens (tertiary/aromatic N) is 1. The number of carbonyl (C=O) groups excluding carboxylic acids is 1. The van der Waals surface area contributed by atoms with Crippen LogP contribution in [0.1, 0.15) is 64.4 Å². The zero-order valence-corrected chi connectivity index (χ0v) is 15.5. The van der Waals surface area contributed by atoms with Crippen molar-refractivity contribution in [3.8, 4) is 0 Å². The van der Waals surface area contributed by atoms with Crippen molar-refractivity contribution in [2.75, 3.05) is 13.2 Å². The van der Waals surface area contributed by atoms with Crippen molar-refractivity contribution in [1.82, 2.24) is 4.90 Å². The maximum absolute atomic E-state index is 12.4. The SMILES string of the molecule is C[C@@H](OCC[C@H]1CCCCN1C(=O)OC(C)(C)C)c1cccs1. The number of hydrogen-bond acceptors (Lipinski definition) is 4. The van der Waals surface area contributed by atoms with Gasteiger partial charge in [0, 0.05) is 24.1 Å². The zero-order chi connectivity index (χ0) is 16.9. The minimum atomic E-state index is -0.441. The van der Waals surface area contributed by atoms with E-state index in [1.165, 1.54) is 11.3 Å². The van der Waals surface area contributed by atoms with Gasteiger partial charge in [0.05, 0.1) is 6.10 Å². The van der Waals surface area contributed by atoms with Crippen LogP contribution >= 0.6 is 11.3 Å². The molecule has 0 aliphatic carbocycles. The Morgan fingerprint density at radius 3 is 2.87 bits per heavy atom. The van der Waals surface area contributed by atoms with Gasteiger partial charge < -0.3 is 14.4 Å². The molecule has 2 heterocycles. The van der Waals surface area contributed by atoms with Crippen molar-refractivity contribution >= 4 is 17.4 Å². The highest BCUT2D eigenvalue weighted by Crippen LogP contribution is 2.25. The summed E-state index contributed by atoms with van der Waals surface area (Å²) in [6.45, 7) is 9.28. The molecule has 0 spiro atoms. The van der Waals surface area contributed by atoms with Gasteiger partial charge in [-0.1, -0.05) is 6.07 Å². The lowest BCUT2D eigenvalue weighted by molar-refractivity contribution is 0.0000427. The number of likely N-dealkylation sites (tertiary alicyclic amines) is 1. The first kappa shape index (κ1) is 18.3. The van der Waals surface area contributed by atoms with Crippen LogP contribution in [0.15, 0.2) is 17.5 Å². The monoisotopic (exact) mass is 339 g/mol. The summed E-state index contributed by atoms with van der Waals surface area (Å²) in [6.07, 6.45) is 4.07. The number of ether oxygens (including phenoxy) is 2. The first-order valence-corrected chi connectivity index (χ1v) is 9.39. The third-order valence-corrected chi connectivity index (χ3v) is 5.05. The molecule has 1 aliphatic rings. The van der Waals surface area contributed by atoms with Gasteiger partial charge in [0.1, 0.15) is 5.60 Å². The highest BCUT2D eigenvalue weighted by molar-refractivity contribution is 7.10. The third kappa shape index (κ3) is 5.81. The van der Waals surface area contributed by atoms with Crippen LogP contribution in [-0.2, 0) is 9.47 Å². The van der Waals surface area contributed by atoms with Gasteiger partial charge in [0.15, 0.2) is 0 Å². The van der Waals surface area contributed by atoms with Crippen molar-refractivity contribution in [3.63, 3.8) is 0 Å². The standard InChI is InChI=1S/C18H29NO3S/c1-14(16-9-7-13-23-16)21-12-10-15-8-5-6-11-19(15)17(20)22-18(2,3)4/h7,9,13-15H,5-6,8,10-12H2,1-4H3/t14-,15-/m1/s1. The van der Waals surface area contributed by atoms with E-state index in [0.29, 0.717) is 6.61 Å². The Hall–Kier alpha value is -1.07. The molecule has 130 valence electrons. The molecule has 0 unspecified atom stereocenters. The summed E-state index contributed by atoms with van der Waals surface area (Å²) in [5.74, 6) is 0. The van der Waals surface area contributed by atoms with E-state index in [-0.39, 0.29) is 18.2 Å². The van der Waals surface area contributed by atoms with Gasteiger partial charge in [-0.05, 0) is 64.8 Å². The van der Waals surface area contributed by atoms with E-state index >= 15 is 0 Å². The molecule has 4 nitrogen and oxygen atoms in total. The summed E-state index contributed by atoms with van der Waals surface area (Å²) in [7, 11) is 0. The lowest BCUT2D eigenvalue weighted by Crippen LogP contribution is -2.46. The van der Waals surface area contributed by atoms with Crippen LogP contribution in [0.4, 0.5) is 4.79 Å². The average Bonchev–Trinajstić information content (AvgIpc) is 3.00. The van der Waals surface area contributed by atoms with E-state index in [1.54, 1.807) is 11.3 Å².